The van der Waals surface area contributed by atoms with E-state index in [0.717, 1.165) is 37.1 Å². The van der Waals surface area contributed by atoms with E-state index < -0.39 is 0 Å². The molecule has 1 aliphatic heterocycles. The SMILES string of the molecule is O=C(Nc1cccc(-c2n[nH]c(C3CC3)n2)c1)C1CCCN1C(=O)C1CC1. The molecule has 1 atom stereocenters. The fraction of sp³-hybridized carbons (Fsp3) is 0.500. The molecule has 2 aliphatic carbocycles. The van der Waals surface area contributed by atoms with Crippen molar-refractivity contribution < 1.29 is 9.59 Å². The summed E-state index contributed by atoms with van der Waals surface area (Å²) in [6.07, 6.45) is 5.88. The molecule has 1 saturated heterocycles. The number of aromatic nitrogens is 3. The normalized spacial score (nSPS) is 22.1. The zero-order valence-corrected chi connectivity index (χ0v) is 15.1. The molecule has 27 heavy (non-hydrogen) atoms. The number of nitrogens with one attached hydrogen (secondary N) is 2. The molecule has 0 bridgehead atoms. The first kappa shape index (κ1) is 16.5. The molecular formula is C20H23N5O2. The summed E-state index contributed by atoms with van der Waals surface area (Å²) in [5.41, 5.74) is 1.58. The fourth-order valence-corrected chi connectivity index (χ4v) is 3.77. The topological polar surface area (TPSA) is 91.0 Å². The van der Waals surface area contributed by atoms with Crippen LogP contribution in [0, 0.1) is 5.92 Å². The molecule has 0 radical (unpaired) electrons. The number of H-pyrrole nitrogens is 1. The first-order valence-electron chi connectivity index (χ1n) is 9.83. The van der Waals surface area contributed by atoms with E-state index >= 15 is 0 Å². The standard InChI is InChI=1S/C20H23N5O2/c26-19(16-5-2-10-25(16)20(27)13-8-9-13)21-15-4-1-3-14(11-15)18-22-17(23-24-18)12-6-7-12/h1,3-4,11-13,16H,2,5-10H2,(H,21,26)(H,22,23,24). The van der Waals surface area contributed by atoms with Crippen LogP contribution in [-0.2, 0) is 9.59 Å². The molecule has 1 unspecified atom stereocenters. The number of benzene rings is 1. The van der Waals surface area contributed by atoms with Crippen LogP contribution in [0.25, 0.3) is 11.4 Å². The van der Waals surface area contributed by atoms with Crippen molar-refractivity contribution in [1.82, 2.24) is 20.1 Å². The summed E-state index contributed by atoms with van der Waals surface area (Å²) in [7, 11) is 0. The van der Waals surface area contributed by atoms with E-state index in [9.17, 15) is 9.59 Å². The summed E-state index contributed by atoms with van der Waals surface area (Å²) < 4.78 is 0. The lowest BCUT2D eigenvalue weighted by molar-refractivity contribution is -0.137. The van der Waals surface area contributed by atoms with E-state index in [1.807, 2.05) is 24.3 Å². The lowest BCUT2D eigenvalue weighted by Crippen LogP contribution is -2.43. The molecular weight excluding hydrogens is 342 g/mol. The Morgan fingerprint density at radius 3 is 2.78 bits per heavy atom. The molecule has 1 aromatic heterocycles. The highest BCUT2D eigenvalue weighted by Gasteiger charge is 2.40. The van der Waals surface area contributed by atoms with Crippen molar-refractivity contribution in [3.05, 3.63) is 30.1 Å². The van der Waals surface area contributed by atoms with Gasteiger partial charge < -0.3 is 10.2 Å². The van der Waals surface area contributed by atoms with E-state index in [1.165, 1.54) is 12.8 Å². The molecule has 2 N–H and O–H groups in total. The number of carbonyl (C=O) groups is 2. The number of aromatic amines is 1. The monoisotopic (exact) mass is 365 g/mol. The van der Waals surface area contributed by atoms with Crippen molar-refractivity contribution in [3.8, 4) is 11.4 Å². The summed E-state index contributed by atoms with van der Waals surface area (Å²) in [5.74, 6) is 2.31. The number of carbonyl (C=O) groups excluding carboxylic acids is 2. The minimum atomic E-state index is -0.355. The Morgan fingerprint density at radius 1 is 1.15 bits per heavy atom. The largest absolute Gasteiger partial charge is 0.330 e. The lowest BCUT2D eigenvalue weighted by atomic mass is 10.1. The second kappa shape index (κ2) is 6.48. The highest BCUT2D eigenvalue weighted by molar-refractivity contribution is 5.98. The van der Waals surface area contributed by atoms with E-state index in [-0.39, 0.29) is 23.8 Å². The molecule has 7 heteroatoms. The van der Waals surface area contributed by atoms with Gasteiger partial charge in [0.1, 0.15) is 11.9 Å². The molecule has 3 aliphatic rings. The average molecular weight is 365 g/mol. The van der Waals surface area contributed by atoms with Crippen molar-refractivity contribution in [2.75, 3.05) is 11.9 Å². The van der Waals surface area contributed by atoms with Crippen molar-refractivity contribution in [2.45, 2.75) is 50.5 Å². The van der Waals surface area contributed by atoms with Crippen molar-refractivity contribution >= 4 is 17.5 Å². The fourth-order valence-electron chi connectivity index (χ4n) is 3.77. The van der Waals surface area contributed by atoms with Gasteiger partial charge >= 0.3 is 0 Å². The molecule has 5 rings (SSSR count). The first-order valence-corrected chi connectivity index (χ1v) is 9.83. The molecule has 1 aromatic carbocycles. The average Bonchev–Trinajstić information content (AvgIpc) is 3.61. The van der Waals surface area contributed by atoms with Gasteiger partial charge in [-0.15, -0.1) is 0 Å². The van der Waals surface area contributed by atoms with Gasteiger partial charge in [0.2, 0.25) is 11.8 Å². The Kier molecular flexibility index (Phi) is 3.95. The van der Waals surface area contributed by atoms with Crippen molar-refractivity contribution in [3.63, 3.8) is 0 Å². The summed E-state index contributed by atoms with van der Waals surface area (Å²) in [4.78, 5) is 31.5. The molecule has 2 heterocycles. The molecule has 2 saturated carbocycles. The van der Waals surface area contributed by atoms with E-state index in [4.69, 9.17) is 0 Å². The predicted molar refractivity (Wildman–Crippen MR) is 99.9 cm³/mol. The predicted octanol–water partition coefficient (Wildman–Crippen LogP) is 2.69. The second-order valence-corrected chi connectivity index (χ2v) is 7.85. The number of anilines is 1. The zero-order valence-electron chi connectivity index (χ0n) is 15.1. The molecule has 2 amide bonds. The van der Waals surface area contributed by atoms with Crippen LogP contribution in [0.2, 0.25) is 0 Å². The summed E-state index contributed by atoms with van der Waals surface area (Å²) >= 11 is 0. The minimum absolute atomic E-state index is 0.104. The van der Waals surface area contributed by atoms with Crippen LogP contribution in [0.3, 0.4) is 0 Å². The molecule has 140 valence electrons. The van der Waals surface area contributed by atoms with Gasteiger partial charge in [0, 0.05) is 29.6 Å². The van der Waals surface area contributed by atoms with Gasteiger partial charge in [-0.2, -0.15) is 5.10 Å². The molecule has 2 aromatic rings. The van der Waals surface area contributed by atoms with Gasteiger partial charge in [0.25, 0.3) is 0 Å². The number of likely N-dealkylation sites (tertiary alicyclic amines) is 1. The summed E-state index contributed by atoms with van der Waals surface area (Å²) in [5, 5.41) is 10.3. The Labute approximate surface area is 157 Å². The Hall–Kier alpha value is -2.70. The second-order valence-electron chi connectivity index (χ2n) is 7.85. The zero-order chi connectivity index (χ0) is 18.4. The van der Waals surface area contributed by atoms with Gasteiger partial charge in [-0.1, -0.05) is 12.1 Å². The van der Waals surface area contributed by atoms with Crippen LogP contribution in [0.5, 0.6) is 0 Å². The van der Waals surface area contributed by atoms with Crippen molar-refractivity contribution in [2.24, 2.45) is 5.92 Å². The highest BCUT2D eigenvalue weighted by atomic mass is 16.2. The quantitative estimate of drug-likeness (QED) is 0.852. The van der Waals surface area contributed by atoms with Crippen LogP contribution in [0.1, 0.15) is 50.3 Å². The first-order chi connectivity index (χ1) is 13.2. The lowest BCUT2D eigenvalue weighted by Gasteiger charge is -2.24. The van der Waals surface area contributed by atoms with Crippen LogP contribution in [0.15, 0.2) is 24.3 Å². The van der Waals surface area contributed by atoms with Gasteiger partial charge in [-0.3, -0.25) is 14.7 Å². The summed E-state index contributed by atoms with van der Waals surface area (Å²) in [6.45, 7) is 0.689. The number of amides is 2. The number of hydrogen-bond donors (Lipinski definition) is 2. The molecule has 3 fully saturated rings. The van der Waals surface area contributed by atoms with Crippen LogP contribution >= 0.6 is 0 Å². The van der Waals surface area contributed by atoms with Gasteiger partial charge in [-0.05, 0) is 50.7 Å². The van der Waals surface area contributed by atoms with Crippen LogP contribution in [-0.4, -0.2) is 44.5 Å². The van der Waals surface area contributed by atoms with Gasteiger partial charge in [-0.25, -0.2) is 4.98 Å². The van der Waals surface area contributed by atoms with E-state index in [2.05, 4.69) is 20.5 Å². The third-order valence-electron chi connectivity index (χ3n) is 5.62. The number of rotatable bonds is 5. The molecule has 7 nitrogen and oxygen atoms in total. The molecule has 0 spiro atoms. The van der Waals surface area contributed by atoms with E-state index in [0.29, 0.717) is 24.0 Å². The van der Waals surface area contributed by atoms with Gasteiger partial charge in [0.15, 0.2) is 5.82 Å². The number of hydrogen-bond acceptors (Lipinski definition) is 4. The third kappa shape index (κ3) is 3.34. The Bertz CT molecular complexity index is 884. The summed E-state index contributed by atoms with van der Waals surface area (Å²) in [6, 6.07) is 7.22. The Balaban J connectivity index is 1.29. The van der Waals surface area contributed by atoms with E-state index in [1.54, 1.807) is 4.90 Å². The number of nitrogens with zero attached hydrogens (tertiary/aromatic N) is 3. The third-order valence-corrected chi connectivity index (χ3v) is 5.62. The highest BCUT2D eigenvalue weighted by Crippen LogP contribution is 2.38. The smallest absolute Gasteiger partial charge is 0.247 e. The maximum absolute atomic E-state index is 12.8. The van der Waals surface area contributed by atoms with Crippen molar-refractivity contribution in [1.29, 1.82) is 0 Å². The maximum atomic E-state index is 12.8. The van der Waals surface area contributed by atoms with Crippen LogP contribution < -0.4 is 5.32 Å². The maximum Gasteiger partial charge on any atom is 0.247 e. The van der Waals surface area contributed by atoms with Gasteiger partial charge in [0.05, 0.1) is 0 Å². The Morgan fingerprint density at radius 2 is 2.00 bits per heavy atom. The van der Waals surface area contributed by atoms with Crippen LogP contribution in [0.4, 0.5) is 5.69 Å². The minimum Gasteiger partial charge on any atom is -0.330 e.